The maximum absolute atomic E-state index is 9.72. The van der Waals surface area contributed by atoms with Crippen molar-refractivity contribution in [3.63, 3.8) is 0 Å². The minimum absolute atomic E-state index is 0.298. The van der Waals surface area contributed by atoms with Crippen LogP contribution in [0.15, 0.2) is 0 Å². The molecule has 1 fully saturated rings. The molecule has 3 N–H and O–H groups in total. The zero-order chi connectivity index (χ0) is 10.7. The Morgan fingerprint density at radius 1 is 1.07 bits per heavy atom. The molecule has 0 aromatic rings. The van der Waals surface area contributed by atoms with Crippen molar-refractivity contribution in [1.82, 2.24) is 0 Å². The van der Waals surface area contributed by atoms with E-state index in [1.54, 1.807) is 0 Å². The van der Waals surface area contributed by atoms with Gasteiger partial charge in [-0.15, -0.1) is 0 Å². The summed E-state index contributed by atoms with van der Waals surface area (Å²) in [4.78, 5) is 0. The molecular formula is C9H18O5. The van der Waals surface area contributed by atoms with E-state index in [9.17, 15) is 5.11 Å². The lowest BCUT2D eigenvalue weighted by Gasteiger charge is -2.38. The number of aliphatic hydroxyl groups is 3. The lowest BCUT2D eigenvalue weighted by molar-refractivity contribution is -0.170. The van der Waals surface area contributed by atoms with E-state index in [0.29, 0.717) is 12.8 Å². The Bertz CT molecular complexity index is 159. The second-order valence-corrected chi connectivity index (χ2v) is 3.68. The molecule has 1 aliphatic carbocycles. The van der Waals surface area contributed by atoms with E-state index in [-0.39, 0.29) is 18.1 Å². The van der Waals surface area contributed by atoms with Crippen LogP contribution >= 0.6 is 0 Å². The van der Waals surface area contributed by atoms with Gasteiger partial charge >= 0.3 is 0 Å². The van der Waals surface area contributed by atoms with Crippen LogP contribution in [0.25, 0.3) is 0 Å². The summed E-state index contributed by atoms with van der Waals surface area (Å²) in [6.07, 6.45) is -1.97. The van der Waals surface area contributed by atoms with Gasteiger partial charge in [-0.05, 0) is 12.8 Å². The first-order valence-electron chi connectivity index (χ1n) is 4.70. The summed E-state index contributed by atoms with van der Waals surface area (Å²) in [5.74, 6) is -0.298. The van der Waals surface area contributed by atoms with E-state index in [4.69, 9.17) is 19.7 Å². The third-order valence-electron chi connectivity index (χ3n) is 2.86. The van der Waals surface area contributed by atoms with Gasteiger partial charge < -0.3 is 24.8 Å². The molecule has 0 heterocycles. The highest BCUT2D eigenvalue weighted by Gasteiger charge is 2.39. The van der Waals surface area contributed by atoms with Gasteiger partial charge in [0.1, 0.15) is 6.10 Å². The lowest BCUT2D eigenvalue weighted by Crippen LogP contribution is -2.48. The van der Waals surface area contributed by atoms with Crippen LogP contribution in [0.5, 0.6) is 0 Å². The summed E-state index contributed by atoms with van der Waals surface area (Å²) in [5.41, 5.74) is 0. The van der Waals surface area contributed by atoms with Gasteiger partial charge in [-0.3, -0.25) is 0 Å². The highest BCUT2D eigenvalue weighted by molar-refractivity contribution is 4.88. The van der Waals surface area contributed by atoms with Crippen molar-refractivity contribution < 1.29 is 24.8 Å². The number of hydrogen-bond donors (Lipinski definition) is 3. The monoisotopic (exact) mass is 206 g/mol. The standard InChI is InChI=1S/C9H18O5/c1-13-6-3-5(9(11)12)4-7(14-2)8(6)10/h5-12H,3-4H2,1-2H3. The normalized spacial score (nSPS) is 39.0. The van der Waals surface area contributed by atoms with Gasteiger partial charge in [0.25, 0.3) is 0 Å². The molecule has 0 aromatic carbocycles. The molecule has 1 aliphatic rings. The Labute approximate surface area is 83.3 Å². The molecule has 5 nitrogen and oxygen atoms in total. The van der Waals surface area contributed by atoms with Crippen LogP contribution in [0, 0.1) is 5.92 Å². The molecule has 84 valence electrons. The van der Waals surface area contributed by atoms with Gasteiger partial charge in [0, 0.05) is 20.1 Å². The highest BCUT2D eigenvalue weighted by Crippen LogP contribution is 2.30. The van der Waals surface area contributed by atoms with E-state index in [0.717, 1.165) is 0 Å². The smallest absolute Gasteiger partial charge is 0.154 e. The quantitative estimate of drug-likeness (QED) is 0.521. The SMILES string of the molecule is COC1CC(C(O)O)CC(OC)C1O. The topological polar surface area (TPSA) is 79.2 Å². The molecule has 0 bridgehead atoms. The third-order valence-corrected chi connectivity index (χ3v) is 2.86. The van der Waals surface area contributed by atoms with Gasteiger partial charge in [-0.2, -0.15) is 0 Å². The minimum Gasteiger partial charge on any atom is -0.388 e. The second kappa shape index (κ2) is 5.04. The third kappa shape index (κ3) is 2.43. The Morgan fingerprint density at radius 2 is 1.50 bits per heavy atom. The molecule has 1 saturated carbocycles. The predicted octanol–water partition coefficient (Wildman–Crippen LogP) is -0.902. The first kappa shape index (κ1) is 11.9. The lowest BCUT2D eigenvalue weighted by atomic mass is 9.82. The van der Waals surface area contributed by atoms with Crippen molar-refractivity contribution in [2.45, 2.75) is 37.4 Å². The van der Waals surface area contributed by atoms with Crippen molar-refractivity contribution in [3.05, 3.63) is 0 Å². The average molecular weight is 206 g/mol. The largest absolute Gasteiger partial charge is 0.388 e. The van der Waals surface area contributed by atoms with Crippen LogP contribution in [0.4, 0.5) is 0 Å². The van der Waals surface area contributed by atoms with Gasteiger partial charge in [0.15, 0.2) is 6.29 Å². The zero-order valence-electron chi connectivity index (χ0n) is 8.46. The summed E-state index contributed by atoms with van der Waals surface area (Å²) in [5, 5.41) is 27.8. The molecule has 2 atom stereocenters. The second-order valence-electron chi connectivity index (χ2n) is 3.68. The highest BCUT2D eigenvalue weighted by atomic mass is 16.5. The number of methoxy groups -OCH3 is 2. The summed E-state index contributed by atoms with van der Waals surface area (Å²) < 4.78 is 10.1. The van der Waals surface area contributed by atoms with Gasteiger partial charge in [-0.25, -0.2) is 0 Å². The van der Waals surface area contributed by atoms with E-state index in [2.05, 4.69) is 0 Å². The summed E-state index contributed by atoms with van der Waals surface area (Å²) in [7, 11) is 2.99. The fourth-order valence-corrected chi connectivity index (χ4v) is 1.93. The van der Waals surface area contributed by atoms with E-state index < -0.39 is 12.4 Å². The van der Waals surface area contributed by atoms with E-state index in [1.165, 1.54) is 14.2 Å². The van der Waals surface area contributed by atoms with Crippen LogP contribution < -0.4 is 0 Å². The van der Waals surface area contributed by atoms with Gasteiger partial charge in [-0.1, -0.05) is 0 Å². The first-order chi connectivity index (χ1) is 6.60. The average Bonchev–Trinajstić information content (AvgIpc) is 2.17. The minimum atomic E-state index is -1.38. The molecule has 14 heavy (non-hydrogen) atoms. The molecular weight excluding hydrogens is 188 g/mol. The Balaban J connectivity index is 2.63. The fourth-order valence-electron chi connectivity index (χ4n) is 1.93. The molecule has 0 radical (unpaired) electrons. The molecule has 0 aromatic heterocycles. The number of ether oxygens (including phenoxy) is 2. The van der Waals surface area contributed by atoms with Gasteiger partial charge in [0.05, 0.1) is 12.2 Å². The maximum atomic E-state index is 9.72. The van der Waals surface area contributed by atoms with E-state index in [1.807, 2.05) is 0 Å². The summed E-state index contributed by atoms with van der Waals surface area (Å²) in [6.45, 7) is 0. The van der Waals surface area contributed by atoms with Crippen molar-refractivity contribution in [1.29, 1.82) is 0 Å². The van der Waals surface area contributed by atoms with Crippen LogP contribution in [-0.4, -0.2) is 54.1 Å². The van der Waals surface area contributed by atoms with Crippen LogP contribution in [0.2, 0.25) is 0 Å². The Morgan fingerprint density at radius 3 is 1.79 bits per heavy atom. The number of aliphatic hydroxyl groups excluding tert-OH is 2. The summed E-state index contributed by atoms with van der Waals surface area (Å²) >= 11 is 0. The number of rotatable bonds is 3. The summed E-state index contributed by atoms with van der Waals surface area (Å²) in [6, 6.07) is 0. The molecule has 0 aliphatic heterocycles. The Hall–Kier alpha value is -0.200. The molecule has 0 amide bonds. The molecule has 5 heteroatoms. The number of hydrogen-bond acceptors (Lipinski definition) is 5. The van der Waals surface area contributed by atoms with Crippen LogP contribution in [0.1, 0.15) is 12.8 Å². The molecule has 0 spiro atoms. The maximum Gasteiger partial charge on any atom is 0.154 e. The van der Waals surface area contributed by atoms with Crippen molar-refractivity contribution >= 4 is 0 Å². The van der Waals surface area contributed by atoms with Crippen molar-refractivity contribution in [2.75, 3.05) is 14.2 Å². The van der Waals surface area contributed by atoms with Crippen molar-refractivity contribution in [2.24, 2.45) is 5.92 Å². The van der Waals surface area contributed by atoms with Crippen LogP contribution in [-0.2, 0) is 9.47 Å². The predicted molar refractivity (Wildman–Crippen MR) is 48.6 cm³/mol. The Kier molecular flexibility index (Phi) is 4.28. The van der Waals surface area contributed by atoms with Crippen molar-refractivity contribution in [3.8, 4) is 0 Å². The van der Waals surface area contributed by atoms with Gasteiger partial charge in [0.2, 0.25) is 0 Å². The fraction of sp³-hybridized carbons (Fsp3) is 1.00. The van der Waals surface area contributed by atoms with E-state index >= 15 is 0 Å². The zero-order valence-corrected chi connectivity index (χ0v) is 8.46. The molecule has 1 rings (SSSR count). The van der Waals surface area contributed by atoms with Crippen LogP contribution in [0.3, 0.4) is 0 Å². The molecule has 2 unspecified atom stereocenters. The molecule has 0 saturated heterocycles. The first-order valence-corrected chi connectivity index (χ1v) is 4.70.